The van der Waals surface area contributed by atoms with Crippen molar-refractivity contribution in [2.75, 3.05) is 0 Å². The Morgan fingerprint density at radius 2 is 1.93 bits per heavy atom. The number of fused-ring (bicyclic) bond motifs is 2. The summed E-state index contributed by atoms with van der Waals surface area (Å²) in [5, 5.41) is 14.8. The Labute approximate surface area is 234 Å². The van der Waals surface area contributed by atoms with Crippen LogP contribution in [0, 0.1) is 11.2 Å². The molecule has 7 rings (SSSR count). The monoisotopic (exact) mass is 579 g/mol. The van der Waals surface area contributed by atoms with Gasteiger partial charge in [0.25, 0.3) is 10.0 Å². The van der Waals surface area contributed by atoms with Crippen molar-refractivity contribution in [2.45, 2.75) is 55.6 Å². The Morgan fingerprint density at radius 3 is 2.60 bits per heavy atom. The second kappa shape index (κ2) is 9.25. The summed E-state index contributed by atoms with van der Waals surface area (Å²) in [4.78, 5) is 19.9. The Kier molecular flexibility index (Phi) is 5.88. The van der Waals surface area contributed by atoms with Gasteiger partial charge in [-0.2, -0.15) is 19.3 Å². The van der Waals surface area contributed by atoms with Crippen LogP contribution in [0.4, 0.5) is 4.39 Å². The quantitative estimate of drug-likeness (QED) is 0.306. The zero-order valence-corrected chi connectivity index (χ0v) is 23.3. The zero-order chi connectivity index (χ0) is 27.6. The van der Waals surface area contributed by atoms with Crippen LogP contribution in [-0.4, -0.2) is 60.3 Å². The first-order chi connectivity index (χ1) is 19.3. The van der Waals surface area contributed by atoms with Gasteiger partial charge in [0.15, 0.2) is 5.01 Å². The SMILES string of the molecule is Cn1ncc(S(=O)(=O)N(C2CC2)[C@H]2CCC3=Cc4c(cnn4-c4ccc(F)cc4)C[C@]3(C(=O)c3nccs3)C2)n1. The number of hydrogen-bond acceptors (Lipinski definition) is 8. The van der Waals surface area contributed by atoms with E-state index in [-0.39, 0.29) is 28.7 Å². The molecule has 3 aliphatic carbocycles. The molecule has 4 aromatic rings. The fraction of sp³-hybridized carbons (Fsp3) is 0.370. The number of Topliss-reactive ketones (excluding diaryl/α,β-unsaturated/α-hetero) is 1. The molecule has 0 aliphatic heterocycles. The van der Waals surface area contributed by atoms with E-state index < -0.39 is 15.4 Å². The Morgan fingerprint density at radius 1 is 1.12 bits per heavy atom. The smallest absolute Gasteiger partial charge is 0.264 e. The van der Waals surface area contributed by atoms with Crippen LogP contribution in [0.2, 0.25) is 0 Å². The van der Waals surface area contributed by atoms with Gasteiger partial charge in [-0.15, -0.1) is 16.4 Å². The first-order valence-electron chi connectivity index (χ1n) is 13.1. The van der Waals surface area contributed by atoms with E-state index in [1.165, 1.54) is 34.5 Å². The lowest BCUT2D eigenvalue weighted by Crippen LogP contribution is -2.51. The summed E-state index contributed by atoms with van der Waals surface area (Å²) in [7, 11) is -2.32. The molecule has 13 heteroatoms. The van der Waals surface area contributed by atoms with Crippen LogP contribution in [0.5, 0.6) is 0 Å². The molecule has 2 fully saturated rings. The summed E-state index contributed by atoms with van der Waals surface area (Å²) >= 11 is 1.30. The van der Waals surface area contributed by atoms with E-state index in [4.69, 9.17) is 0 Å². The number of aromatic nitrogens is 6. The molecule has 0 unspecified atom stereocenters. The topological polar surface area (TPSA) is 116 Å². The van der Waals surface area contributed by atoms with Crippen LogP contribution in [0.1, 0.15) is 53.2 Å². The number of benzene rings is 1. The van der Waals surface area contributed by atoms with Crippen molar-refractivity contribution >= 4 is 33.2 Å². The molecule has 0 bridgehead atoms. The van der Waals surface area contributed by atoms with E-state index in [9.17, 15) is 17.6 Å². The Hall–Kier alpha value is -3.55. The number of carbonyl (C=O) groups excluding carboxylic acids is 1. The third-order valence-electron chi connectivity index (χ3n) is 8.15. The summed E-state index contributed by atoms with van der Waals surface area (Å²) in [5.74, 6) is -0.419. The van der Waals surface area contributed by atoms with Gasteiger partial charge in [-0.3, -0.25) is 4.79 Å². The molecule has 3 heterocycles. The van der Waals surface area contributed by atoms with E-state index in [2.05, 4.69) is 20.3 Å². The molecule has 2 atom stereocenters. The van der Waals surface area contributed by atoms with Crippen LogP contribution in [0.25, 0.3) is 11.8 Å². The number of hydrogen-bond donors (Lipinski definition) is 0. The molecule has 206 valence electrons. The average Bonchev–Trinajstić information content (AvgIpc) is 3.31. The van der Waals surface area contributed by atoms with Crippen LogP contribution < -0.4 is 0 Å². The van der Waals surface area contributed by atoms with E-state index in [0.29, 0.717) is 30.7 Å². The van der Waals surface area contributed by atoms with Gasteiger partial charge in [-0.05, 0) is 74.4 Å². The summed E-state index contributed by atoms with van der Waals surface area (Å²) < 4.78 is 44.6. The molecular weight excluding hydrogens is 553 g/mol. The Balaban J connectivity index is 1.31. The number of thiazole rings is 1. The predicted molar refractivity (Wildman–Crippen MR) is 145 cm³/mol. The number of ketones is 1. The van der Waals surface area contributed by atoms with Gasteiger partial charge in [0.2, 0.25) is 10.8 Å². The highest BCUT2D eigenvalue weighted by molar-refractivity contribution is 7.89. The molecule has 0 radical (unpaired) electrons. The normalized spacial score (nSPS) is 22.6. The number of halogens is 1. The van der Waals surface area contributed by atoms with E-state index >= 15 is 0 Å². The largest absolute Gasteiger partial charge is 0.290 e. The minimum atomic E-state index is -3.91. The highest BCUT2D eigenvalue weighted by Crippen LogP contribution is 2.52. The lowest BCUT2D eigenvalue weighted by Gasteiger charge is -2.46. The second-order valence-corrected chi connectivity index (χ2v) is 13.4. The summed E-state index contributed by atoms with van der Waals surface area (Å²) in [6, 6.07) is 5.64. The number of nitrogens with zero attached hydrogens (tertiary/aromatic N) is 7. The number of sulfonamides is 1. The molecule has 1 aromatic carbocycles. The summed E-state index contributed by atoms with van der Waals surface area (Å²) in [6.07, 6.45) is 10.1. The van der Waals surface area contributed by atoms with Gasteiger partial charge in [-0.25, -0.2) is 22.5 Å². The number of aryl methyl sites for hydroxylation is 1. The maximum Gasteiger partial charge on any atom is 0.264 e. The Bertz CT molecular complexity index is 1740. The molecule has 2 saturated carbocycles. The number of rotatable bonds is 7. The van der Waals surface area contributed by atoms with Gasteiger partial charge in [0.05, 0.1) is 29.2 Å². The first kappa shape index (κ1) is 25.4. The number of carbonyl (C=O) groups is 1. The molecule has 10 nitrogen and oxygen atoms in total. The molecule has 0 spiro atoms. The van der Waals surface area contributed by atoms with Crippen molar-refractivity contribution in [1.29, 1.82) is 0 Å². The van der Waals surface area contributed by atoms with Crippen molar-refractivity contribution < 1.29 is 17.6 Å². The maximum absolute atomic E-state index is 14.3. The zero-order valence-electron chi connectivity index (χ0n) is 21.6. The van der Waals surface area contributed by atoms with Crippen LogP contribution in [0.3, 0.4) is 0 Å². The van der Waals surface area contributed by atoms with Gasteiger partial charge < -0.3 is 0 Å². The first-order valence-corrected chi connectivity index (χ1v) is 15.5. The fourth-order valence-electron chi connectivity index (χ4n) is 6.20. The highest BCUT2D eigenvalue weighted by atomic mass is 32.2. The highest BCUT2D eigenvalue weighted by Gasteiger charge is 2.54. The predicted octanol–water partition coefficient (Wildman–Crippen LogP) is 3.81. The molecule has 3 aliphatic rings. The maximum atomic E-state index is 14.3. The van der Waals surface area contributed by atoms with E-state index in [0.717, 1.165) is 35.4 Å². The van der Waals surface area contributed by atoms with E-state index in [1.807, 2.05) is 6.08 Å². The summed E-state index contributed by atoms with van der Waals surface area (Å²) in [5.41, 5.74) is 2.47. The van der Waals surface area contributed by atoms with Crippen molar-refractivity contribution in [1.82, 2.24) is 34.1 Å². The third-order valence-corrected chi connectivity index (χ3v) is 10.8. The lowest BCUT2D eigenvalue weighted by molar-refractivity contribution is 0.0738. The molecule has 3 aromatic heterocycles. The number of allylic oxidation sites excluding steroid dienone is 1. The van der Waals surface area contributed by atoms with Crippen LogP contribution >= 0.6 is 11.3 Å². The fourth-order valence-corrected chi connectivity index (χ4v) is 8.67. The molecule has 40 heavy (non-hydrogen) atoms. The van der Waals surface area contributed by atoms with E-state index in [1.54, 1.807) is 45.9 Å². The van der Waals surface area contributed by atoms with Crippen LogP contribution in [-0.2, 0) is 23.5 Å². The van der Waals surface area contributed by atoms with Crippen molar-refractivity contribution in [3.8, 4) is 5.69 Å². The third kappa shape index (κ3) is 4.06. The van der Waals surface area contributed by atoms with Crippen molar-refractivity contribution in [2.24, 2.45) is 12.5 Å². The molecular formula is C27H26FN7O3S2. The minimum Gasteiger partial charge on any atom is -0.290 e. The minimum absolute atomic E-state index is 0.0740. The van der Waals surface area contributed by atoms with Gasteiger partial charge in [-0.1, -0.05) is 5.57 Å². The average molecular weight is 580 g/mol. The lowest BCUT2D eigenvalue weighted by atomic mass is 9.61. The van der Waals surface area contributed by atoms with Gasteiger partial charge in [0, 0.05) is 30.7 Å². The van der Waals surface area contributed by atoms with Crippen molar-refractivity contribution in [3.05, 3.63) is 75.9 Å². The summed E-state index contributed by atoms with van der Waals surface area (Å²) in [6.45, 7) is 0. The van der Waals surface area contributed by atoms with Gasteiger partial charge in [0.1, 0.15) is 5.82 Å². The molecule has 0 N–H and O–H groups in total. The molecule has 0 amide bonds. The molecule has 0 saturated heterocycles. The van der Waals surface area contributed by atoms with Crippen LogP contribution in [0.15, 0.2) is 58.8 Å². The van der Waals surface area contributed by atoms with Crippen molar-refractivity contribution in [3.63, 3.8) is 0 Å². The standard InChI is InChI=1S/C27H26FN7O3S2/c1-33-30-16-24(32-33)40(37,38)35(21-8-9-21)22-5-2-18-12-23-17(15-31-34(23)20-6-3-19(28)4-7-20)13-27(18,14-22)25(36)26-29-10-11-39-26/h3-4,6-7,10-12,15-16,21-22H,2,5,8-9,13-14H2,1H3/t22-,27-/m0/s1. The second-order valence-electron chi connectivity index (χ2n) is 10.7. The van der Waals surface area contributed by atoms with Gasteiger partial charge >= 0.3 is 0 Å².